The van der Waals surface area contributed by atoms with Crippen LogP contribution in [0.4, 0.5) is 0 Å². The van der Waals surface area contributed by atoms with Crippen LogP contribution < -0.4 is 10.1 Å². The molecule has 21 heavy (non-hydrogen) atoms. The summed E-state index contributed by atoms with van der Waals surface area (Å²) in [6.45, 7) is 6.48. The normalized spacial score (nSPS) is 10.9. The third-order valence-corrected chi connectivity index (χ3v) is 3.88. The van der Waals surface area contributed by atoms with Crippen molar-refractivity contribution in [2.45, 2.75) is 33.4 Å². The largest absolute Gasteiger partial charge is 0.486 e. The van der Waals surface area contributed by atoms with Crippen LogP contribution in [0.5, 0.6) is 5.75 Å². The van der Waals surface area contributed by atoms with Crippen molar-refractivity contribution in [1.29, 1.82) is 0 Å². The molecular weight excluding hydrogens is 330 g/mol. The highest BCUT2D eigenvalue weighted by atomic mass is 79.9. The highest BCUT2D eigenvalue weighted by Gasteiger charge is 2.10. The van der Waals surface area contributed by atoms with Gasteiger partial charge in [0.05, 0.1) is 15.9 Å². The third-order valence-electron chi connectivity index (χ3n) is 3.25. The minimum absolute atomic E-state index is 0.515. The van der Waals surface area contributed by atoms with Crippen molar-refractivity contribution < 1.29 is 4.74 Å². The van der Waals surface area contributed by atoms with Crippen LogP contribution >= 0.6 is 15.9 Å². The first-order valence-corrected chi connectivity index (χ1v) is 8.01. The lowest BCUT2D eigenvalue weighted by Crippen LogP contribution is -2.15. The molecule has 0 radical (unpaired) electrons. The highest BCUT2D eigenvalue weighted by molar-refractivity contribution is 9.10. The number of nitrogens with zero attached hydrogens (tertiary/aromatic N) is 2. The van der Waals surface area contributed by atoms with Gasteiger partial charge in [-0.25, -0.2) is 0 Å². The average Bonchev–Trinajstić information content (AvgIpc) is 2.76. The van der Waals surface area contributed by atoms with Crippen molar-refractivity contribution in [2.75, 3.05) is 6.54 Å². The molecule has 0 aliphatic heterocycles. The Morgan fingerprint density at radius 2 is 2.19 bits per heavy atom. The molecule has 0 amide bonds. The molecule has 1 aromatic carbocycles. The van der Waals surface area contributed by atoms with Crippen molar-refractivity contribution in [3.05, 3.63) is 45.7 Å². The summed E-state index contributed by atoms with van der Waals surface area (Å²) >= 11 is 3.58. The van der Waals surface area contributed by atoms with Crippen LogP contribution in [0.25, 0.3) is 0 Å². The maximum absolute atomic E-state index is 6.03. The fourth-order valence-electron chi connectivity index (χ4n) is 2.20. The number of halogens is 1. The minimum Gasteiger partial charge on any atom is -0.486 e. The first-order chi connectivity index (χ1) is 10.1. The third kappa shape index (κ3) is 4.32. The van der Waals surface area contributed by atoms with Gasteiger partial charge in [-0.05, 0) is 48.0 Å². The second-order valence-corrected chi connectivity index (χ2v) is 5.95. The van der Waals surface area contributed by atoms with Gasteiger partial charge in [-0.1, -0.05) is 19.1 Å². The van der Waals surface area contributed by atoms with Gasteiger partial charge < -0.3 is 10.1 Å². The number of benzene rings is 1. The molecular formula is C16H22BrN3O. The number of aromatic nitrogens is 2. The van der Waals surface area contributed by atoms with E-state index in [9.17, 15) is 0 Å². The summed E-state index contributed by atoms with van der Waals surface area (Å²) in [5.74, 6) is 0.903. The van der Waals surface area contributed by atoms with Crippen LogP contribution in [-0.2, 0) is 20.2 Å². The van der Waals surface area contributed by atoms with E-state index in [2.05, 4.69) is 39.3 Å². The molecule has 0 bridgehead atoms. The Hall–Kier alpha value is -1.33. The lowest BCUT2D eigenvalue weighted by molar-refractivity contribution is 0.289. The van der Waals surface area contributed by atoms with E-state index in [0.717, 1.165) is 46.7 Å². The van der Waals surface area contributed by atoms with E-state index in [1.54, 1.807) is 0 Å². The Morgan fingerprint density at radius 3 is 2.86 bits per heavy atom. The zero-order valence-electron chi connectivity index (χ0n) is 12.8. The summed E-state index contributed by atoms with van der Waals surface area (Å²) in [4.78, 5) is 0. The molecule has 1 N–H and O–H groups in total. The number of aryl methyl sites for hydroxylation is 2. The number of rotatable bonds is 7. The van der Waals surface area contributed by atoms with Gasteiger partial charge in [-0.15, -0.1) is 0 Å². The van der Waals surface area contributed by atoms with E-state index in [0.29, 0.717) is 6.61 Å². The number of hydrogen-bond donors (Lipinski definition) is 1. The van der Waals surface area contributed by atoms with Crippen molar-refractivity contribution in [3.63, 3.8) is 0 Å². The molecule has 2 rings (SSSR count). The van der Waals surface area contributed by atoms with E-state index >= 15 is 0 Å². The van der Waals surface area contributed by atoms with Gasteiger partial charge in [0.1, 0.15) is 12.4 Å². The lowest BCUT2D eigenvalue weighted by atomic mass is 10.2. The van der Waals surface area contributed by atoms with Gasteiger partial charge >= 0.3 is 0 Å². The maximum atomic E-state index is 6.03. The Balaban J connectivity index is 2.09. The van der Waals surface area contributed by atoms with Gasteiger partial charge in [0, 0.05) is 19.2 Å². The number of ether oxygens (including phenoxy) is 1. The van der Waals surface area contributed by atoms with Gasteiger partial charge in [-0.2, -0.15) is 5.10 Å². The molecule has 2 aromatic rings. The predicted molar refractivity (Wildman–Crippen MR) is 88.4 cm³/mol. The molecule has 4 nitrogen and oxygen atoms in total. The van der Waals surface area contributed by atoms with Crippen LogP contribution in [-0.4, -0.2) is 16.3 Å². The standard InChI is InChI=1S/C16H22BrN3O/c1-4-8-18-10-13-6-5-7-15(17)16(13)21-11-14-9-12(2)19-20(14)3/h5-7,9,18H,4,8,10-11H2,1-3H3. The summed E-state index contributed by atoms with van der Waals surface area (Å²) in [6, 6.07) is 8.18. The molecule has 0 spiro atoms. The second-order valence-electron chi connectivity index (χ2n) is 5.09. The van der Waals surface area contributed by atoms with E-state index < -0.39 is 0 Å². The summed E-state index contributed by atoms with van der Waals surface area (Å²) in [5.41, 5.74) is 3.24. The molecule has 0 aliphatic rings. The van der Waals surface area contributed by atoms with Crippen molar-refractivity contribution in [1.82, 2.24) is 15.1 Å². The summed E-state index contributed by atoms with van der Waals surface area (Å²) in [6.07, 6.45) is 1.12. The van der Waals surface area contributed by atoms with Crippen molar-refractivity contribution in [2.24, 2.45) is 7.05 Å². The SMILES string of the molecule is CCCNCc1cccc(Br)c1OCc1cc(C)nn1C. The monoisotopic (exact) mass is 351 g/mol. The lowest BCUT2D eigenvalue weighted by Gasteiger charge is -2.14. The van der Waals surface area contributed by atoms with Crippen molar-refractivity contribution >= 4 is 15.9 Å². The molecule has 114 valence electrons. The fraction of sp³-hybridized carbons (Fsp3) is 0.438. The fourth-order valence-corrected chi connectivity index (χ4v) is 2.72. The van der Waals surface area contributed by atoms with E-state index in [1.165, 1.54) is 0 Å². The molecule has 0 aliphatic carbocycles. The predicted octanol–water partition coefficient (Wildman–Crippen LogP) is 3.57. The molecule has 1 aromatic heterocycles. The van der Waals surface area contributed by atoms with Crippen LogP contribution in [0, 0.1) is 6.92 Å². The van der Waals surface area contributed by atoms with E-state index in [4.69, 9.17) is 4.74 Å². The maximum Gasteiger partial charge on any atom is 0.138 e. The van der Waals surface area contributed by atoms with Crippen LogP contribution in [0.1, 0.15) is 30.3 Å². The molecule has 0 saturated heterocycles. The second kappa shape index (κ2) is 7.61. The van der Waals surface area contributed by atoms with Gasteiger partial charge in [0.15, 0.2) is 0 Å². The summed E-state index contributed by atoms with van der Waals surface area (Å²) in [5, 5.41) is 7.76. The van der Waals surface area contributed by atoms with Crippen LogP contribution in [0.2, 0.25) is 0 Å². The van der Waals surface area contributed by atoms with E-state index in [-0.39, 0.29) is 0 Å². The highest BCUT2D eigenvalue weighted by Crippen LogP contribution is 2.29. The molecule has 0 saturated carbocycles. The topological polar surface area (TPSA) is 39.1 Å². The molecule has 0 unspecified atom stereocenters. The first kappa shape index (κ1) is 16.0. The quantitative estimate of drug-likeness (QED) is 0.775. The average molecular weight is 352 g/mol. The minimum atomic E-state index is 0.515. The number of nitrogens with one attached hydrogen (secondary N) is 1. The van der Waals surface area contributed by atoms with Gasteiger partial charge in [-0.3, -0.25) is 4.68 Å². The smallest absolute Gasteiger partial charge is 0.138 e. The van der Waals surface area contributed by atoms with E-state index in [1.807, 2.05) is 36.9 Å². The van der Waals surface area contributed by atoms with Gasteiger partial charge in [0.25, 0.3) is 0 Å². The van der Waals surface area contributed by atoms with Crippen LogP contribution in [0.15, 0.2) is 28.7 Å². The molecule has 5 heteroatoms. The zero-order chi connectivity index (χ0) is 15.2. The zero-order valence-corrected chi connectivity index (χ0v) is 14.4. The number of para-hydroxylation sites is 1. The Labute approximate surface area is 134 Å². The Bertz CT molecular complexity index is 595. The van der Waals surface area contributed by atoms with Crippen LogP contribution in [0.3, 0.4) is 0 Å². The number of hydrogen-bond acceptors (Lipinski definition) is 3. The van der Waals surface area contributed by atoms with Crippen molar-refractivity contribution in [3.8, 4) is 5.75 Å². The molecule has 0 atom stereocenters. The first-order valence-electron chi connectivity index (χ1n) is 7.22. The van der Waals surface area contributed by atoms with Gasteiger partial charge in [0.2, 0.25) is 0 Å². The Morgan fingerprint density at radius 1 is 1.38 bits per heavy atom. The molecule has 1 heterocycles. The Kier molecular flexibility index (Phi) is 5.82. The molecule has 0 fully saturated rings. The summed E-state index contributed by atoms with van der Waals surface area (Å²) < 4.78 is 8.88. The summed E-state index contributed by atoms with van der Waals surface area (Å²) in [7, 11) is 1.94.